The van der Waals surface area contributed by atoms with Crippen molar-refractivity contribution in [1.29, 1.82) is 0 Å². The van der Waals surface area contributed by atoms with E-state index in [4.69, 9.17) is 9.47 Å². The molecule has 1 aliphatic carbocycles. The summed E-state index contributed by atoms with van der Waals surface area (Å²) in [5.74, 6) is -0.636. The number of aromatic nitrogens is 2. The van der Waals surface area contributed by atoms with E-state index in [1.807, 2.05) is 6.92 Å². The SMILES string of the molecule is CCOC(=O)c1cnc(SC(CC)C(=O)OC2CCCCC2)[nH]1. The molecule has 1 atom stereocenters. The third-order valence-corrected chi connectivity index (χ3v) is 5.01. The van der Waals surface area contributed by atoms with Gasteiger partial charge in [0.15, 0.2) is 5.16 Å². The zero-order valence-electron chi connectivity index (χ0n) is 13.7. The number of thioether (sulfide) groups is 1. The highest BCUT2D eigenvalue weighted by atomic mass is 32.2. The molecular formula is C16H24N2O4S. The second-order valence-electron chi connectivity index (χ2n) is 5.53. The van der Waals surface area contributed by atoms with Crippen LogP contribution in [0.15, 0.2) is 11.4 Å². The van der Waals surface area contributed by atoms with Crippen molar-refractivity contribution in [3.63, 3.8) is 0 Å². The fraction of sp³-hybridized carbons (Fsp3) is 0.688. The molecule has 0 amide bonds. The van der Waals surface area contributed by atoms with E-state index < -0.39 is 5.97 Å². The zero-order chi connectivity index (χ0) is 16.7. The maximum Gasteiger partial charge on any atom is 0.356 e. The predicted molar refractivity (Wildman–Crippen MR) is 87.4 cm³/mol. The Morgan fingerprint density at radius 1 is 1.35 bits per heavy atom. The van der Waals surface area contributed by atoms with Crippen molar-refractivity contribution >= 4 is 23.7 Å². The molecule has 0 spiro atoms. The van der Waals surface area contributed by atoms with E-state index in [0.717, 1.165) is 25.7 Å². The summed E-state index contributed by atoms with van der Waals surface area (Å²) in [4.78, 5) is 31.0. The van der Waals surface area contributed by atoms with Crippen LogP contribution in [-0.2, 0) is 14.3 Å². The van der Waals surface area contributed by atoms with E-state index >= 15 is 0 Å². The zero-order valence-corrected chi connectivity index (χ0v) is 14.5. The first kappa shape index (κ1) is 17.8. The van der Waals surface area contributed by atoms with Crippen LogP contribution in [0.2, 0.25) is 0 Å². The predicted octanol–water partition coefficient (Wildman–Crippen LogP) is 3.33. The molecule has 1 aliphatic rings. The van der Waals surface area contributed by atoms with Gasteiger partial charge in [-0.3, -0.25) is 4.79 Å². The average molecular weight is 340 g/mol. The number of carbonyl (C=O) groups is 2. The molecule has 1 fully saturated rings. The molecule has 0 aliphatic heterocycles. The van der Waals surface area contributed by atoms with Gasteiger partial charge in [-0.2, -0.15) is 0 Å². The quantitative estimate of drug-likeness (QED) is 0.606. The van der Waals surface area contributed by atoms with Crippen LogP contribution < -0.4 is 0 Å². The van der Waals surface area contributed by atoms with E-state index in [9.17, 15) is 9.59 Å². The minimum absolute atomic E-state index is 0.0533. The van der Waals surface area contributed by atoms with Crippen LogP contribution in [-0.4, -0.2) is 39.9 Å². The molecule has 7 heteroatoms. The second-order valence-corrected chi connectivity index (χ2v) is 6.73. The Morgan fingerprint density at radius 2 is 2.09 bits per heavy atom. The summed E-state index contributed by atoms with van der Waals surface area (Å²) in [5.41, 5.74) is 0.296. The van der Waals surface area contributed by atoms with Gasteiger partial charge in [-0.1, -0.05) is 25.1 Å². The van der Waals surface area contributed by atoms with E-state index in [-0.39, 0.29) is 17.3 Å². The number of esters is 2. The first-order valence-electron chi connectivity index (χ1n) is 8.23. The lowest BCUT2D eigenvalue weighted by Crippen LogP contribution is -2.27. The van der Waals surface area contributed by atoms with Gasteiger partial charge < -0.3 is 14.5 Å². The topological polar surface area (TPSA) is 81.3 Å². The Kier molecular flexibility index (Phi) is 6.95. The molecule has 0 bridgehead atoms. The van der Waals surface area contributed by atoms with Gasteiger partial charge in [-0.15, -0.1) is 0 Å². The number of aromatic amines is 1. The fourth-order valence-electron chi connectivity index (χ4n) is 2.53. The summed E-state index contributed by atoms with van der Waals surface area (Å²) in [7, 11) is 0. The van der Waals surface area contributed by atoms with Crippen molar-refractivity contribution in [3.8, 4) is 0 Å². The number of imidazole rings is 1. The van der Waals surface area contributed by atoms with Crippen molar-refractivity contribution < 1.29 is 19.1 Å². The standard InChI is InChI=1S/C16H24N2O4S/c1-3-13(15(20)22-11-8-6-5-7-9-11)23-16-17-10-12(18-16)14(19)21-4-2/h10-11,13H,3-9H2,1-2H3,(H,17,18). The van der Waals surface area contributed by atoms with Crippen LogP contribution in [0.3, 0.4) is 0 Å². The number of nitrogens with zero attached hydrogens (tertiary/aromatic N) is 1. The van der Waals surface area contributed by atoms with E-state index in [2.05, 4.69) is 9.97 Å². The molecule has 1 N–H and O–H groups in total. The lowest BCUT2D eigenvalue weighted by Gasteiger charge is -2.23. The third-order valence-electron chi connectivity index (χ3n) is 3.77. The number of H-pyrrole nitrogens is 1. The fourth-order valence-corrected chi connectivity index (χ4v) is 3.40. The molecule has 23 heavy (non-hydrogen) atoms. The van der Waals surface area contributed by atoms with Crippen LogP contribution in [0.4, 0.5) is 0 Å². The van der Waals surface area contributed by atoms with E-state index in [0.29, 0.717) is 23.9 Å². The molecule has 0 saturated heterocycles. The molecule has 1 aromatic heterocycles. The summed E-state index contributed by atoms with van der Waals surface area (Å²) in [6, 6.07) is 0. The summed E-state index contributed by atoms with van der Waals surface area (Å²) < 4.78 is 10.5. The van der Waals surface area contributed by atoms with Crippen LogP contribution in [0.25, 0.3) is 0 Å². The van der Waals surface area contributed by atoms with Crippen LogP contribution >= 0.6 is 11.8 Å². The molecule has 1 saturated carbocycles. The number of ether oxygens (including phenoxy) is 2. The van der Waals surface area contributed by atoms with Gasteiger partial charge in [0.2, 0.25) is 0 Å². The number of nitrogens with one attached hydrogen (secondary N) is 1. The maximum atomic E-state index is 12.3. The van der Waals surface area contributed by atoms with Crippen LogP contribution in [0.5, 0.6) is 0 Å². The van der Waals surface area contributed by atoms with Gasteiger partial charge in [0.25, 0.3) is 0 Å². The average Bonchev–Trinajstić information content (AvgIpc) is 3.02. The molecule has 1 unspecified atom stereocenters. The Hall–Kier alpha value is -1.50. The monoisotopic (exact) mass is 340 g/mol. The number of hydrogen-bond acceptors (Lipinski definition) is 6. The Bertz CT molecular complexity index is 526. The maximum absolute atomic E-state index is 12.3. The van der Waals surface area contributed by atoms with Gasteiger partial charge in [-0.05, 0) is 39.0 Å². The van der Waals surface area contributed by atoms with Crippen LogP contribution in [0.1, 0.15) is 62.9 Å². The summed E-state index contributed by atoms with van der Waals surface area (Å²) >= 11 is 1.29. The van der Waals surface area contributed by atoms with Gasteiger partial charge in [-0.25, -0.2) is 9.78 Å². The smallest absolute Gasteiger partial charge is 0.356 e. The summed E-state index contributed by atoms with van der Waals surface area (Å²) in [5, 5.41) is 0.207. The lowest BCUT2D eigenvalue weighted by molar-refractivity contribution is -0.149. The molecule has 128 valence electrons. The van der Waals surface area contributed by atoms with Crippen molar-refractivity contribution in [2.75, 3.05) is 6.61 Å². The number of rotatable bonds is 7. The third kappa shape index (κ3) is 5.27. The second kappa shape index (κ2) is 8.96. The highest BCUT2D eigenvalue weighted by Gasteiger charge is 2.25. The molecule has 1 heterocycles. The highest BCUT2D eigenvalue weighted by molar-refractivity contribution is 8.00. The molecule has 1 aromatic rings. The largest absolute Gasteiger partial charge is 0.462 e. The van der Waals surface area contributed by atoms with Gasteiger partial charge in [0.05, 0.1) is 12.8 Å². The van der Waals surface area contributed by atoms with Crippen molar-refractivity contribution in [2.45, 2.75) is 68.9 Å². The first-order chi connectivity index (χ1) is 11.1. The minimum atomic E-state index is -0.440. The number of hydrogen-bond donors (Lipinski definition) is 1. The molecule has 6 nitrogen and oxygen atoms in total. The summed E-state index contributed by atoms with van der Waals surface area (Å²) in [6.45, 7) is 4.00. The Balaban J connectivity index is 1.90. The molecule has 2 rings (SSSR count). The molecule has 0 aromatic carbocycles. The Labute approximate surface area is 140 Å². The Morgan fingerprint density at radius 3 is 2.74 bits per heavy atom. The van der Waals surface area contributed by atoms with E-state index in [1.165, 1.54) is 24.4 Å². The van der Waals surface area contributed by atoms with Crippen molar-refractivity contribution in [3.05, 3.63) is 11.9 Å². The normalized spacial score (nSPS) is 16.8. The lowest BCUT2D eigenvalue weighted by atomic mass is 9.98. The van der Waals surface area contributed by atoms with Gasteiger partial charge >= 0.3 is 11.9 Å². The van der Waals surface area contributed by atoms with Crippen molar-refractivity contribution in [2.24, 2.45) is 0 Å². The number of carbonyl (C=O) groups excluding carboxylic acids is 2. The van der Waals surface area contributed by atoms with Crippen LogP contribution in [0, 0.1) is 0 Å². The molecular weight excluding hydrogens is 316 g/mol. The van der Waals surface area contributed by atoms with Crippen molar-refractivity contribution in [1.82, 2.24) is 9.97 Å². The summed E-state index contributed by atoms with van der Waals surface area (Å²) in [6.07, 6.45) is 7.53. The van der Waals surface area contributed by atoms with Gasteiger partial charge in [0.1, 0.15) is 17.0 Å². The minimum Gasteiger partial charge on any atom is -0.462 e. The van der Waals surface area contributed by atoms with E-state index in [1.54, 1.807) is 6.92 Å². The van der Waals surface area contributed by atoms with Gasteiger partial charge in [0, 0.05) is 0 Å². The first-order valence-corrected chi connectivity index (χ1v) is 9.11. The highest BCUT2D eigenvalue weighted by Crippen LogP contribution is 2.27. The molecule has 0 radical (unpaired) electrons.